The minimum Gasteiger partial charge on any atom is -0.397 e. The van der Waals surface area contributed by atoms with Crippen LogP contribution in [0.15, 0.2) is 23.6 Å². The molecule has 0 spiro atoms. The topological polar surface area (TPSA) is 105 Å². The summed E-state index contributed by atoms with van der Waals surface area (Å²) < 4.78 is 41.4. The molecule has 1 aromatic heterocycles. The monoisotopic (exact) mass is 723 g/mol. The van der Waals surface area contributed by atoms with E-state index in [0.29, 0.717) is 51.6 Å². The first-order chi connectivity index (χ1) is 23.4. The zero-order valence-corrected chi connectivity index (χ0v) is 29.4. The minimum absolute atomic E-state index is 0.0187. The quantitative estimate of drug-likeness (QED) is 0.396. The molecule has 0 bridgehead atoms. The number of hydrogen-bond acceptors (Lipinski definition) is 7. The molecular weight excluding hydrogens is 679 g/mol. The Kier molecular flexibility index (Phi) is 11.0. The molecule has 4 amide bonds. The van der Waals surface area contributed by atoms with E-state index in [-0.39, 0.29) is 47.3 Å². The van der Waals surface area contributed by atoms with Gasteiger partial charge in [0.1, 0.15) is 0 Å². The summed E-state index contributed by atoms with van der Waals surface area (Å²) in [4.78, 5) is 51.0. The first kappa shape index (κ1) is 35.7. The molecule has 1 atom stereocenters. The predicted molar refractivity (Wildman–Crippen MR) is 185 cm³/mol. The molecule has 49 heavy (non-hydrogen) atoms. The van der Waals surface area contributed by atoms with Gasteiger partial charge in [-0.05, 0) is 80.3 Å². The number of likely N-dealkylation sites (N-methyl/N-ethyl adjacent to an activating group) is 1. The van der Waals surface area contributed by atoms with Gasteiger partial charge in [-0.25, -0.2) is 4.79 Å². The smallest absolute Gasteiger partial charge is 0.397 e. The van der Waals surface area contributed by atoms with Crippen molar-refractivity contribution in [1.29, 1.82) is 0 Å². The van der Waals surface area contributed by atoms with Gasteiger partial charge < -0.3 is 25.3 Å². The Morgan fingerprint density at radius 3 is 2.31 bits per heavy atom. The summed E-state index contributed by atoms with van der Waals surface area (Å²) in [5.41, 5.74) is 5.41. The van der Waals surface area contributed by atoms with Crippen LogP contribution in [0.5, 0.6) is 0 Å². The number of nitrogen functional groups attached to an aromatic ring is 1. The number of benzene rings is 1. The lowest BCUT2D eigenvalue weighted by molar-refractivity contribution is -0.143. The maximum absolute atomic E-state index is 14.1. The Morgan fingerprint density at radius 1 is 0.980 bits per heavy atom. The van der Waals surface area contributed by atoms with E-state index in [4.69, 9.17) is 17.3 Å². The Labute approximate surface area is 294 Å². The standard InChI is InChI=1S/C34H45ClF3N7O3S/c1-41-13-15-42(16-14-41)25-3-10-44(11-4-25)32(47)24(18-22-19-27(34(36,37)38)30(39)28(35)20-22)21-29(46)43-8-5-26(6-9-43)45-12-2-23-7-17-49-31(23)40-33(45)48/h7,17,19-20,24-26H,2-6,8-16,18,21,39H2,1H3,(H,40,48). The van der Waals surface area contributed by atoms with E-state index in [1.165, 1.54) is 17.4 Å². The van der Waals surface area contributed by atoms with Gasteiger partial charge in [-0.1, -0.05) is 11.6 Å². The molecule has 5 heterocycles. The lowest BCUT2D eigenvalue weighted by Gasteiger charge is -2.42. The van der Waals surface area contributed by atoms with Gasteiger partial charge in [0.05, 0.1) is 27.2 Å². The van der Waals surface area contributed by atoms with Crippen LogP contribution in [0.1, 0.15) is 48.8 Å². The lowest BCUT2D eigenvalue weighted by Crippen LogP contribution is -2.53. The second-order valence-electron chi connectivity index (χ2n) is 13.8. The van der Waals surface area contributed by atoms with E-state index in [1.54, 1.807) is 9.80 Å². The molecule has 6 rings (SSSR count). The fourth-order valence-corrected chi connectivity index (χ4v) is 8.80. The number of carbonyl (C=O) groups excluding carboxylic acids is 3. The second-order valence-corrected chi connectivity index (χ2v) is 15.1. The van der Waals surface area contributed by atoms with Crippen LogP contribution in [-0.2, 0) is 28.6 Å². The molecule has 268 valence electrons. The summed E-state index contributed by atoms with van der Waals surface area (Å²) in [6.45, 7) is 6.51. The zero-order chi connectivity index (χ0) is 34.9. The summed E-state index contributed by atoms with van der Waals surface area (Å²) in [6.07, 6.45) is -1.32. The van der Waals surface area contributed by atoms with Crippen LogP contribution in [0.3, 0.4) is 0 Å². The molecule has 3 saturated heterocycles. The summed E-state index contributed by atoms with van der Waals surface area (Å²) >= 11 is 7.65. The number of halogens is 4. The minimum atomic E-state index is -4.72. The highest BCUT2D eigenvalue weighted by Crippen LogP contribution is 2.39. The molecule has 4 aliphatic heterocycles. The fourth-order valence-electron chi connectivity index (χ4n) is 7.72. The number of carbonyl (C=O) groups is 3. The number of urea groups is 1. The van der Waals surface area contributed by atoms with E-state index in [0.717, 1.165) is 62.1 Å². The Bertz CT molecular complexity index is 1520. The predicted octanol–water partition coefficient (Wildman–Crippen LogP) is 4.87. The summed E-state index contributed by atoms with van der Waals surface area (Å²) in [7, 11) is 2.11. The van der Waals surface area contributed by atoms with Crippen molar-refractivity contribution in [3.8, 4) is 0 Å². The van der Waals surface area contributed by atoms with Gasteiger partial charge in [0.2, 0.25) is 11.8 Å². The number of anilines is 2. The molecule has 1 aromatic carbocycles. The molecular formula is C34H45ClF3N7O3S. The van der Waals surface area contributed by atoms with Crippen LogP contribution in [0.2, 0.25) is 5.02 Å². The van der Waals surface area contributed by atoms with Gasteiger partial charge in [0.25, 0.3) is 0 Å². The third-order valence-corrected chi connectivity index (χ3v) is 11.9. The number of nitrogens with one attached hydrogen (secondary N) is 1. The van der Waals surface area contributed by atoms with Crippen LogP contribution in [0.4, 0.5) is 28.7 Å². The molecule has 1 unspecified atom stereocenters. The number of amides is 4. The molecule has 0 saturated carbocycles. The Balaban J connectivity index is 1.12. The number of fused-ring (bicyclic) bond motifs is 1. The molecule has 3 N–H and O–H groups in total. The number of nitrogens with zero attached hydrogens (tertiary/aromatic N) is 5. The van der Waals surface area contributed by atoms with Crippen molar-refractivity contribution in [2.24, 2.45) is 5.92 Å². The molecule has 3 fully saturated rings. The van der Waals surface area contributed by atoms with Crippen molar-refractivity contribution in [3.05, 3.63) is 45.3 Å². The van der Waals surface area contributed by atoms with Gasteiger partial charge in [-0.3, -0.25) is 19.8 Å². The van der Waals surface area contributed by atoms with Gasteiger partial charge in [-0.15, -0.1) is 11.3 Å². The normalized spacial score (nSPS) is 21.3. The maximum atomic E-state index is 14.1. The van der Waals surface area contributed by atoms with Crippen molar-refractivity contribution < 1.29 is 27.6 Å². The van der Waals surface area contributed by atoms with E-state index >= 15 is 0 Å². The number of thiophene rings is 1. The highest BCUT2D eigenvalue weighted by Gasteiger charge is 2.38. The fraction of sp³-hybridized carbons (Fsp3) is 0.618. The Morgan fingerprint density at radius 2 is 1.63 bits per heavy atom. The number of alkyl halides is 3. The maximum Gasteiger partial charge on any atom is 0.418 e. The molecule has 2 aromatic rings. The van der Waals surface area contributed by atoms with Crippen LogP contribution in [0, 0.1) is 5.92 Å². The van der Waals surface area contributed by atoms with E-state index in [1.807, 2.05) is 16.3 Å². The first-order valence-corrected chi connectivity index (χ1v) is 18.4. The largest absolute Gasteiger partial charge is 0.418 e. The van der Waals surface area contributed by atoms with E-state index < -0.39 is 23.3 Å². The number of piperidine rings is 2. The second kappa shape index (κ2) is 15.0. The highest BCUT2D eigenvalue weighted by molar-refractivity contribution is 7.14. The van der Waals surface area contributed by atoms with Crippen LogP contribution in [0.25, 0.3) is 0 Å². The van der Waals surface area contributed by atoms with Crippen molar-refractivity contribution in [2.75, 3.05) is 77.0 Å². The van der Waals surface area contributed by atoms with E-state index in [9.17, 15) is 27.6 Å². The van der Waals surface area contributed by atoms with Crippen LogP contribution >= 0.6 is 22.9 Å². The SMILES string of the molecule is CN1CCN(C2CCN(C(=O)C(CC(=O)N3CCC(N4CCc5ccsc5NC4=O)CC3)Cc3cc(Cl)c(N)c(C(F)(F)F)c3)CC2)CC1. The van der Waals surface area contributed by atoms with Gasteiger partial charge in [0.15, 0.2) is 0 Å². The third-order valence-electron chi connectivity index (χ3n) is 10.7. The van der Waals surface area contributed by atoms with Crippen LogP contribution < -0.4 is 11.1 Å². The molecule has 0 radical (unpaired) electrons. The summed E-state index contributed by atoms with van der Waals surface area (Å²) in [5.74, 6) is -1.30. The summed E-state index contributed by atoms with van der Waals surface area (Å²) in [5, 5.41) is 5.63. The van der Waals surface area contributed by atoms with Crippen molar-refractivity contribution in [3.63, 3.8) is 0 Å². The first-order valence-electron chi connectivity index (χ1n) is 17.2. The van der Waals surface area contributed by atoms with Gasteiger partial charge in [0, 0.05) is 77.4 Å². The average molecular weight is 724 g/mol. The zero-order valence-electron chi connectivity index (χ0n) is 27.8. The van der Waals surface area contributed by atoms with Gasteiger partial charge >= 0.3 is 12.2 Å². The average Bonchev–Trinajstić information content (AvgIpc) is 3.45. The number of hydrogen-bond donors (Lipinski definition) is 2. The molecule has 0 aliphatic carbocycles. The summed E-state index contributed by atoms with van der Waals surface area (Å²) in [6, 6.07) is 4.57. The third kappa shape index (κ3) is 8.29. The highest BCUT2D eigenvalue weighted by atomic mass is 35.5. The number of piperazine rings is 1. The van der Waals surface area contributed by atoms with Crippen molar-refractivity contribution in [1.82, 2.24) is 24.5 Å². The van der Waals surface area contributed by atoms with E-state index in [2.05, 4.69) is 22.2 Å². The van der Waals surface area contributed by atoms with Gasteiger partial charge in [-0.2, -0.15) is 13.2 Å². The number of likely N-dealkylation sites (tertiary alicyclic amines) is 2. The van der Waals surface area contributed by atoms with Crippen LogP contribution in [-0.4, -0.2) is 120 Å². The Hall–Kier alpha value is -3.07. The number of nitrogens with two attached hydrogens (primary N) is 1. The molecule has 15 heteroatoms. The molecule has 10 nitrogen and oxygen atoms in total. The lowest BCUT2D eigenvalue weighted by atomic mass is 9.91. The number of rotatable bonds is 7. The van der Waals surface area contributed by atoms with Crippen molar-refractivity contribution >= 4 is 51.5 Å². The molecule has 4 aliphatic rings. The van der Waals surface area contributed by atoms with Crippen molar-refractivity contribution in [2.45, 2.75) is 63.2 Å².